The van der Waals surface area contributed by atoms with Crippen LogP contribution < -0.4 is 5.32 Å². The monoisotopic (exact) mass is 263 g/mol. The molecule has 4 nitrogen and oxygen atoms in total. The Bertz CT molecular complexity index is 403. The van der Waals surface area contributed by atoms with Crippen LogP contribution in [-0.4, -0.2) is 55.8 Å². The van der Waals surface area contributed by atoms with Gasteiger partial charge in [0, 0.05) is 44.6 Å². The molecule has 19 heavy (non-hydrogen) atoms. The molecule has 2 saturated heterocycles. The number of nitrogens with zero attached hydrogens (tertiary/aromatic N) is 1. The Balaban J connectivity index is 1.77. The molecule has 2 aliphatic heterocycles. The minimum absolute atomic E-state index is 0.154. The summed E-state index contributed by atoms with van der Waals surface area (Å²) >= 11 is 0. The molecule has 0 atom stereocenters. The van der Waals surface area contributed by atoms with Crippen LogP contribution in [0.1, 0.15) is 19.5 Å². The highest BCUT2D eigenvalue weighted by molar-refractivity contribution is 5.25. The zero-order valence-corrected chi connectivity index (χ0v) is 12.0. The van der Waals surface area contributed by atoms with Crippen molar-refractivity contribution in [1.29, 1.82) is 0 Å². The Labute approximate surface area is 115 Å². The van der Waals surface area contributed by atoms with Gasteiger partial charge < -0.3 is 19.9 Å². The van der Waals surface area contributed by atoms with Gasteiger partial charge in [0.15, 0.2) is 0 Å². The van der Waals surface area contributed by atoms with Gasteiger partial charge in [-0.05, 0) is 17.5 Å². The molecule has 0 amide bonds. The van der Waals surface area contributed by atoms with Crippen LogP contribution in [0.25, 0.3) is 0 Å². The van der Waals surface area contributed by atoms with E-state index in [2.05, 4.69) is 41.2 Å². The van der Waals surface area contributed by atoms with Crippen molar-refractivity contribution in [1.82, 2.24) is 15.2 Å². The van der Waals surface area contributed by atoms with E-state index in [0.717, 1.165) is 45.9 Å². The molecule has 1 aromatic rings. The standard InChI is InChI=1S/C15H25N3O/c1-14(2,10-18-8-6-16-7-9-18)15(11-19-12-15)13-4-3-5-17-13/h3-5,16-17H,6-12H2,1-2H3. The summed E-state index contributed by atoms with van der Waals surface area (Å²) in [5, 5.41) is 3.42. The van der Waals surface area contributed by atoms with Crippen molar-refractivity contribution in [3.05, 3.63) is 24.0 Å². The van der Waals surface area contributed by atoms with Gasteiger partial charge >= 0.3 is 0 Å². The average Bonchev–Trinajstić information content (AvgIpc) is 2.81. The highest BCUT2D eigenvalue weighted by Gasteiger charge is 2.53. The summed E-state index contributed by atoms with van der Waals surface area (Å²) in [6, 6.07) is 4.30. The fourth-order valence-corrected chi connectivity index (χ4v) is 3.42. The predicted octanol–water partition coefficient (Wildman–Crippen LogP) is 1.21. The Morgan fingerprint density at radius 1 is 1.32 bits per heavy atom. The number of nitrogens with one attached hydrogen (secondary N) is 2. The number of ether oxygens (including phenoxy) is 1. The van der Waals surface area contributed by atoms with Crippen molar-refractivity contribution in [3.63, 3.8) is 0 Å². The summed E-state index contributed by atoms with van der Waals surface area (Å²) in [6.07, 6.45) is 2.02. The zero-order valence-electron chi connectivity index (χ0n) is 12.0. The molecule has 0 saturated carbocycles. The third-order valence-electron chi connectivity index (χ3n) is 4.93. The van der Waals surface area contributed by atoms with Gasteiger partial charge in [0.05, 0.1) is 18.6 Å². The topological polar surface area (TPSA) is 40.3 Å². The summed E-state index contributed by atoms with van der Waals surface area (Å²) in [5.41, 5.74) is 1.70. The first-order valence-corrected chi connectivity index (χ1v) is 7.29. The van der Waals surface area contributed by atoms with Gasteiger partial charge in [-0.1, -0.05) is 13.8 Å². The minimum atomic E-state index is 0.154. The van der Waals surface area contributed by atoms with Gasteiger partial charge in [0.25, 0.3) is 0 Å². The van der Waals surface area contributed by atoms with Gasteiger partial charge in [-0.25, -0.2) is 0 Å². The lowest BCUT2D eigenvalue weighted by Crippen LogP contribution is -2.61. The molecule has 0 spiro atoms. The molecule has 3 heterocycles. The molecule has 3 rings (SSSR count). The zero-order chi connectivity index (χ0) is 13.3. The van der Waals surface area contributed by atoms with Crippen LogP contribution in [0.2, 0.25) is 0 Å². The molecule has 0 unspecified atom stereocenters. The number of H-pyrrole nitrogens is 1. The SMILES string of the molecule is CC(C)(CN1CCNCC1)C1(c2ccc[nH]2)COC1. The highest BCUT2D eigenvalue weighted by atomic mass is 16.5. The van der Waals surface area contributed by atoms with E-state index in [1.54, 1.807) is 0 Å². The van der Waals surface area contributed by atoms with Gasteiger partial charge in [0.2, 0.25) is 0 Å². The van der Waals surface area contributed by atoms with E-state index < -0.39 is 0 Å². The second-order valence-electron chi connectivity index (χ2n) is 6.57. The van der Waals surface area contributed by atoms with Gasteiger partial charge in [-0.15, -0.1) is 0 Å². The lowest BCUT2D eigenvalue weighted by Gasteiger charge is -2.53. The first-order valence-electron chi connectivity index (χ1n) is 7.29. The Morgan fingerprint density at radius 2 is 2.05 bits per heavy atom. The summed E-state index contributed by atoms with van der Waals surface area (Å²) < 4.78 is 5.59. The first kappa shape index (κ1) is 13.2. The number of rotatable bonds is 4. The predicted molar refractivity (Wildman–Crippen MR) is 76.4 cm³/mol. The number of aromatic amines is 1. The molecule has 0 bridgehead atoms. The maximum absolute atomic E-state index is 5.59. The molecule has 0 radical (unpaired) electrons. The molecule has 1 aromatic heterocycles. The second-order valence-corrected chi connectivity index (χ2v) is 6.57. The van der Waals surface area contributed by atoms with Crippen LogP contribution in [0.15, 0.2) is 18.3 Å². The fraction of sp³-hybridized carbons (Fsp3) is 0.733. The largest absolute Gasteiger partial charge is 0.379 e. The summed E-state index contributed by atoms with van der Waals surface area (Å²) in [5.74, 6) is 0. The molecule has 2 aliphatic rings. The van der Waals surface area contributed by atoms with Crippen molar-refractivity contribution in [3.8, 4) is 0 Å². The van der Waals surface area contributed by atoms with Crippen molar-refractivity contribution in [2.75, 3.05) is 45.9 Å². The quantitative estimate of drug-likeness (QED) is 0.858. The molecule has 106 valence electrons. The van der Waals surface area contributed by atoms with Crippen molar-refractivity contribution in [2.45, 2.75) is 19.3 Å². The number of aromatic nitrogens is 1. The molecule has 0 aliphatic carbocycles. The van der Waals surface area contributed by atoms with Crippen molar-refractivity contribution >= 4 is 0 Å². The highest BCUT2D eigenvalue weighted by Crippen LogP contribution is 2.47. The second kappa shape index (κ2) is 4.93. The maximum Gasteiger partial charge on any atom is 0.0633 e. The van der Waals surface area contributed by atoms with Crippen LogP contribution in [0, 0.1) is 5.41 Å². The molecule has 2 fully saturated rings. The normalized spacial score (nSPS) is 24.1. The fourth-order valence-electron chi connectivity index (χ4n) is 3.42. The van der Waals surface area contributed by atoms with Crippen LogP contribution in [-0.2, 0) is 10.2 Å². The van der Waals surface area contributed by atoms with Gasteiger partial charge in [0.1, 0.15) is 0 Å². The van der Waals surface area contributed by atoms with E-state index >= 15 is 0 Å². The van der Waals surface area contributed by atoms with Crippen molar-refractivity contribution in [2.24, 2.45) is 5.41 Å². The van der Waals surface area contributed by atoms with Crippen molar-refractivity contribution < 1.29 is 4.74 Å². The molecular formula is C15H25N3O. The minimum Gasteiger partial charge on any atom is -0.379 e. The maximum atomic E-state index is 5.59. The third kappa shape index (κ3) is 2.22. The van der Waals surface area contributed by atoms with E-state index in [4.69, 9.17) is 4.74 Å². The van der Waals surface area contributed by atoms with Crippen LogP contribution in [0.4, 0.5) is 0 Å². The average molecular weight is 263 g/mol. The molecule has 4 heteroatoms. The van der Waals surface area contributed by atoms with Crippen LogP contribution in [0.5, 0.6) is 0 Å². The van der Waals surface area contributed by atoms with E-state index in [9.17, 15) is 0 Å². The summed E-state index contributed by atoms with van der Waals surface area (Å²) in [6.45, 7) is 12.1. The Kier molecular flexibility index (Phi) is 3.41. The lowest BCUT2D eigenvalue weighted by atomic mass is 9.61. The van der Waals surface area contributed by atoms with E-state index in [0.29, 0.717) is 0 Å². The molecule has 2 N–H and O–H groups in total. The van der Waals surface area contributed by atoms with Gasteiger partial charge in [-0.3, -0.25) is 0 Å². The first-order chi connectivity index (χ1) is 9.14. The van der Waals surface area contributed by atoms with Gasteiger partial charge in [-0.2, -0.15) is 0 Å². The van der Waals surface area contributed by atoms with Crippen LogP contribution >= 0.6 is 0 Å². The molecule has 0 aromatic carbocycles. The number of piperazine rings is 1. The van der Waals surface area contributed by atoms with E-state index in [1.807, 2.05) is 6.20 Å². The lowest BCUT2D eigenvalue weighted by molar-refractivity contribution is -0.128. The van der Waals surface area contributed by atoms with Crippen LogP contribution in [0.3, 0.4) is 0 Å². The number of hydrogen-bond acceptors (Lipinski definition) is 3. The molecular weight excluding hydrogens is 238 g/mol. The Morgan fingerprint density at radius 3 is 2.58 bits per heavy atom. The Hall–Kier alpha value is -0.840. The van der Waals surface area contributed by atoms with E-state index in [-0.39, 0.29) is 10.8 Å². The summed E-state index contributed by atoms with van der Waals surface area (Å²) in [4.78, 5) is 6.00. The smallest absolute Gasteiger partial charge is 0.0633 e. The summed E-state index contributed by atoms with van der Waals surface area (Å²) in [7, 11) is 0. The number of hydrogen-bond donors (Lipinski definition) is 2. The third-order valence-corrected chi connectivity index (χ3v) is 4.93. The van der Waals surface area contributed by atoms with E-state index in [1.165, 1.54) is 5.69 Å².